The number of rotatable bonds is 5. The zero-order chi connectivity index (χ0) is 24.5. The Morgan fingerprint density at radius 3 is 2.71 bits per heavy atom. The van der Waals surface area contributed by atoms with E-state index in [0.717, 1.165) is 19.3 Å². The van der Waals surface area contributed by atoms with Crippen LogP contribution in [0.15, 0.2) is 29.2 Å². The number of nitrogens with one attached hydrogen (secondary N) is 1. The fourth-order valence-corrected chi connectivity index (χ4v) is 8.24. The van der Waals surface area contributed by atoms with Crippen LogP contribution in [0.3, 0.4) is 0 Å². The van der Waals surface area contributed by atoms with Crippen molar-refractivity contribution < 1.29 is 23.6 Å². The molecule has 2 N–H and O–H groups in total. The number of benzene rings is 1. The van der Waals surface area contributed by atoms with Crippen LogP contribution < -0.4 is 5.32 Å². The molecule has 9 unspecified atom stereocenters. The molecule has 2 heterocycles. The molecule has 1 amide bonds. The van der Waals surface area contributed by atoms with Crippen LogP contribution in [0, 0.1) is 29.1 Å². The Labute approximate surface area is 205 Å². The molecule has 0 radical (unpaired) electrons. The summed E-state index contributed by atoms with van der Waals surface area (Å²) in [6.45, 7) is 8.78. The van der Waals surface area contributed by atoms with Crippen LogP contribution in [-0.4, -0.2) is 45.1 Å². The van der Waals surface area contributed by atoms with E-state index in [1.54, 1.807) is 24.5 Å². The first-order valence-corrected chi connectivity index (χ1v) is 14.4. The monoisotopic (exact) mass is 489 g/mol. The number of ether oxygens (including phenoxy) is 2. The Morgan fingerprint density at radius 1 is 1.21 bits per heavy atom. The van der Waals surface area contributed by atoms with E-state index in [1.807, 2.05) is 6.07 Å². The zero-order valence-electron chi connectivity index (χ0n) is 21.0. The molecule has 6 nitrogen and oxygen atoms in total. The van der Waals surface area contributed by atoms with Crippen LogP contribution in [0.5, 0.6) is 0 Å². The molecule has 1 aromatic rings. The number of carbonyl (C=O) groups excluding carboxylic acids is 1. The first-order valence-electron chi connectivity index (χ1n) is 12.8. The third-order valence-electron chi connectivity index (χ3n) is 9.32. The van der Waals surface area contributed by atoms with Gasteiger partial charge < -0.3 is 19.9 Å². The van der Waals surface area contributed by atoms with Gasteiger partial charge in [-0.15, -0.1) is 0 Å². The highest BCUT2D eigenvalue weighted by molar-refractivity contribution is 7.84. The quantitative estimate of drug-likeness (QED) is 0.637. The molecule has 188 valence electrons. The van der Waals surface area contributed by atoms with Crippen LogP contribution >= 0.6 is 0 Å². The maximum absolute atomic E-state index is 12.8. The summed E-state index contributed by atoms with van der Waals surface area (Å²) in [5, 5.41) is 14.4. The highest BCUT2D eigenvalue weighted by Crippen LogP contribution is 2.78. The normalized spacial score (nSPS) is 43.1. The maximum atomic E-state index is 12.8. The molecule has 7 heteroatoms. The highest BCUT2D eigenvalue weighted by atomic mass is 32.2. The number of amides is 1. The molecule has 0 bridgehead atoms. The summed E-state index contributed by atoms with van der Waals surface area (Å²) < 4.78 is 25.1. The lowest BCUT2D eigenvalue weighted by Crippen LogP contribution is -2.53. The molecule has 4 fully saturated rings. The molecule has 1 aromatic carbocycles. The minimum absolute atomic E-state index is 0.0854. The van der Waals surface area contributed by atoms with Crippen LogP contribution in [0.2, 0.25) is 0 Å². The molecule has 2 saturated heterocycles. The Kier molecular flexibility index (Phi) is 6.03. The molecule has 9 atom stereocenters. The van der Waals surface area contributed by atoms with Gasteiger partial charge in [0.2, 0.25) is 11.7 Å². The third-order valence-corrected chi connectivity index (χ3v) is 10.2. The molecule has 4 aliphatic rings. The van der Waals surface area contributed by atoms with Gasteiger partial charge in [-0.1, -0.05) is 26.3 Å². The Balaban J connectivity index is 1.33. The van der Waals surface area contributed by atoms with Gasteiger partial charge in [0.15, 0.2) is 0 Å². The summed E-state index contributed by atoms with van der Waals surface area (Å²) in [6.07, 6.45) is 6.07. The van der Waals surface area contributed by atoms with Gasteiger partial charge in [0.05, 0.1) is 17.1 Å². The summed E-state index contributed by atoms with van der Waals surface area (Å²) in [7, 11) is -1.10. The standard InChI is InChI=1S/C27H39NO5S/c1-16-9-10-21-17(2)22(11-12-23(29)28-18-7-6-8-19(15-18)34(5)31)32-27-24(30)26(21,27)20(16)13-14-25(3,4)33-27/h6-8,15-17,20-22,24,30H,9-14H2,1-5H3,(H,28,29). The predicted octanol–water partition coefficient (Wildman–Crippen LogP) is 4.49. The van der Waals surface area contributed by atoms with E-state index in [9.17, 15) is 14.1 Å². The van der Waals surface area contributed by atoms with Gasteiger partial charge in [0, 0.05) is 34.1 Å². The summed E-state index contributed by atoms with van der Waals surface area (Å²) in [5.74, 6) is 0.532. The van der Waals surface area contributed by atoms with Crippen molar-refractivity contribution in [3.63, 3.8) is 0 Å². The average molecular weight is 490 g/mol. The van der Waals surface area contributed by atoms with Crippen molar-refractivity contribution in [2.24, 2.45) is 29.1 Å². The minimum Gasteiger partial charge on any atom is -0.387 e. The second-order valence-electron chi connectivity index (χ2n) is 11.8. The smallest absolute Gasteiger partial charge is 0.224 e. The molecular weight excluding hydrogens is 450 g/mol. The lowest BCUT2D eigenvalue weighted by atomic mass is 9.57. The molecular formula is C27H39NO5S. The number of hydrogen-bond acceptors (Lipinski definition) is 5. The van der Waals surface area contributed by atoms with Crippen molar-refractivity contribution in [3.8, 4) is 0 Å². The molecule has 5 rings (SSSR count). The van der Waals surface area contributed by atoms with Crippen molar-refractivity contribution in [2.45, 2.75) is 94.7 Å². The molecule has 34 heavy (non-hydrogen) atoms. The van der Waals surface area contributed by atoms with Gasteiger partial charge in [-0.05, 0) is 81.4 Å². The predicted molar refractivity (Wildman–Crippen MR) is 132 cm³/mol. The number of anilines is 1. The molecule has 0 aromatic heterocycles. The van der Waals surface area contributed by atoms with Crippen molar-refractivity contribution in [2.75, 3.05) is 11.6 Å². The lowest BCUT2D eigenvalue weighted by molar-refractivity contribution is -0.305. The van der Waals surface area contributed by atoms with Gasteiger partial charge in [0.25, 0.3) is 0 Å². The van der Waals surface area contributed by atoms with Crippen LogP contribution in [0.1, 0.15) is 66.2 Å². The van der Waals surface area contributed by atoms with Gasteiger partial charge in [-0.25, -0.2) is 0 Å². The largest absolute Gasteiger partial charge is 0.387 e. The van der Waals surface area contributed by atoms with E-state index in [2.05, 4.69) is 33.0 Å². The van der Waals surface area contributed by atoms with Gasteiger partial charge in [-0.2, -0.15) is 0 Å². The second kappa shape index (κ2) is 8.39. The average Bonchev–Trinajstić information content (AvgIpc) is 3.30. The van der Waals surface area contributed by atoms with Crippen molar-refractivity contribution in [3.05, 3.63) is 24.3 Å². The van der Waals surface area contributed by atoms with Gasteiger partial charge >= 0.3 is 0 Å². The van der Waals surface area contributed by atoms with E-state index < -0.39 is 22.7 Å². The summed E-state index contributed by atoms with van der Waals surface area (Å²) in [6, 6.07) is 7.17. The van der Waals surface area contributed by atoms with Crippen LogP contribution in [0.25, 0.3) is 0 Å². The zero-order valence-corrected chi connectivity index (χ0v) is 21.8. The van der Waals surface area contributed by atoms with E-state index in [1.165, 1.54) is 6.42 Å². The topological polar surface area (TPSA) is 84.9 Å². The number of hydrogen-bond donors (Lipinski definition) is 2. The summed E-state index contributed by atoms with van der Waals surface area (Å²) in [4.78, 5) is 13.5. The Bertz CT molecular complexity index is 997. The molecule has 2 aliphatic carbocycles. The van der Waals surface area contributed by atoms with Crippen LogP contribution in [-0.2, 0) is 25.1 Å². The van der Waals surface area contributed by atoms with Crippen molar-refractivity contribution in [1.82, 2.24) is 0 Å². The number of aliphatic hydroxyl groups is 1. The van der Waals surface area contributed by atoms with E-state index in [0.29, 0.717) is 41.2 Å². The van der Waals surface area contributed by atoms with Crippen molar-refractivity contribution >= 4 is 22.4 Å². The first kappa shape index (κ1) is 24.4. The summed E-state index contributed by atoms with van der Waals surface area (Å²) >= 11 is 0. The maximum Gasteiger partial charge on any atom is 0.224 e. The number of carbonyl (C=O) groups is 1. The van der Waals surface area contributed by atoms with Gasteiger partial charge in [-0.3, -0.25) is 9.00 Å². The van der Waals surface area contributed by atoms with E-state index in [4.69, 9.17) is 9.47 Å². The fourth-order valence-electron chi connectivity index (χ4n) is 7.68. The first-order chi connectivity index (χ1) is 16.0. The lowest BCUT2D eigenvalue weighted by Gasteiger charge is -2.51. The minimum atomic E-state index is -1.10. The fraction of sp³-hybridized carbons (Fsp3) is 0.741. The Morgan fingerprint density at radius 2 is 1.97 bits per heavy atom. The van der Waals surface area contributed by atoms with Crippen LogP contribution in [0.4, 0.5) is 5.69 Å². The molecule has 2 saturated carbocycles. The second-order valence-corrected chi connectivity index (χ2v) is 13.1. The number of aliphatic hydroxyl groups excluding tert-OH is 1. The Hall–Kier alpha value is -1.28. The van der Waals surface area contributed by atoms with Crippen molar-refractivity contribution in [1.29, 1.82) is 0 Å². The SMILES string of the molecule is CC1CCC2C(C)C(CCC(=O)Nc3cccc(S(C)=O)c3)OC34OC(C)(C)CCC1C23C4O. The highest BCUT2D eigenvalue weighted by Gasteiger charge is 2.89. The van der Waals surface area contributed by atoms with E-state index >= 15 is 0 Å². The third kappa shape index (κ3) is 3.61. The van der Waals surface area contributed by atoms with Gasteiger partial charge in [0.1, 0.15) is 6.10 Å². The molecule has 2 aliphatic heterocycles. The summed E-state index contributed by atoms with van der Waals surface area (Å²) in [5.41, 5.74) is -0.00487. The van der Waals surface area contributed by atoms with E-state index in [-0.39, 0.29) is 28.9 Å². The molecule has 1 spiro atoms.